The van der Waals surface area contributed by atoms with Crippen LogP contribution in [0.3, 0.4) is 0 Å². The minimum Gasteiger partial charge on any atom is -0.339 e. The van der Waals surface area contributed by atoms with Crippen molar-refractivity contribution in [3.8, 4) is 0 Å². The number of hydrogen-bond donors (Lipinski definition) is 0. The number of aromatic nitrogens is 1. The van der Waals surface area contributed by atoms with Crippen molar-refractivity contribution in [2.75, 3.05) is 32.7 Å². The van der Waals surface area contributed by atoms with Crippen LogP contribution < -0.4 is 0 Å². The number of benzene rings is 2. The molecule has 2 aliphatic rings. The van der Waals surface area contributed by atoms with E-state index in [0.29, 0.717) is 23.9 Å². The molecule has 2 aromatic carbocycles. The third-order valence-corrected chi connectivity index (χ3v) is 7.50. The summed E-state index contributed by atoms with van der Waals surface area (Å²) < 4.78 is 2.32. The summed E-state index contributed by atoms with van der Waals surface area (Å²) in [5, 5.41) is 1.08. The van der Waals surface area contributed by atoms with Gasteiger partial charge in [-0.3, -0.25) is 14.5 Å². The zero-order valence-corrected chi connectivity index (χ0v) is 19.7. The Kier molecular flexibility index (Phi) is 6.17. The van der Waals surface area contributed by atoms with Gasteiger partial charge >= 0.3 is 0 Å². The minimum absolute atomic E-state index is 0.0780. The summed E-state index contributed by atoms with van der Waals surface area (Å²) >= 11 is 0. The Hall–Kier alpha value is -2.76. The highest BCUT2D eigenvalue weighted by molar-refractivity contribution is 6.11. The van der Waals surface area contributed by atoms with Crippen molar-refractivity contribution >= 4 is 23.0 Å². The molecule has 0 radical (unpaired) electrons. The molecule has 1 unspecified atom stereocenters. The Morgan fingerprint density at radius 2 is 1.73 bits per heavy atom. The number of Topliss-reactive ketones (excluding diaryl/α,β-unsaturated/α-hetero) is 1. The van der Waals surface area contributed by atoms with Crippen molar-refractivity contribution in [1.29, 1.82) is 0 Å². The minimum atomic E-state index is 0.0780. The van der Waals surface area contributed by atoms with Crippen LogP contribution in [0.25, 0.3) is 10.9 Å². The fourth-order valence-corrected chi connectivity index (χ4v) is 5.55. The normalized spacial score (nSPS) is 19.8. The lowest BCUT2D eigenvalue weighted by Gasteiger charge is -2.38. The van der Waals surface area contributed by atoms with E-state index in [1.54, 1.807) is 0 Å². The van der Waals surface area contributed by atoms with Crippen LogP contribution in [0, 0.1) is 5.92 Å². The van der Waals surface area contributed by atoms with Gasteiger partial charge in [-0.2, -0.15) is 0 Å². The smallest absolute Gasteiger partial charge is 0.169 e. The second-order valence-corrected chi connectivity index (χ2v) is 9.81. The molecule has 5 nitrogen and oxygen atoms in total. The summed E-state index contributed by atoms with van der Waals surface area (Å²) in [6.07, 6.45) is 2.72. The monoisotopic (exact) mass is 443 g/mol. The van der Waals surface area contributed by atoms with E-state index in [0.717, 1.165) is 73.9 Å². The van der Waals surface area contributed by atoms with Crippen molar-refractivity contribution in [3.05, 3.63) is 70.9 Å². The average Bonchev–Trinajstić information content (AvgIpc) is 3.16. The molecule has 172 valence electrons. The third-order valence-electron chi connectivity index (χ3n) is 7.50. The van der Waals surface area contributed by atoms with Crippen LogP contribution in [0.2, 0.25) is 0 Å². The standard InChI is InChI=1S/C28H33N3O2/c1-20(2)30-15-13-29(14-16-30)18-23-11-12-26-27(28(23)33)24-5-3-4-6-25(24)31(26)17-21-7-9-22(19-32)10-8-21/h3-10,19-20,23H,11-18H2,1-2H3. The number of piperazine rings is 1. The molecule has 1 aliphatic heterocycles. The maximum atomic E-state index is 13.7. The Bertz CT molecular complexity index is 1150. The lowest BCUT2D eigenvalue weighted by molar-refractivity contribution is 0.0743. The predicted octanol–water partition coefficient (Wildman–Crippen LogP) is 4.27. The van der Waals surface area contributed by atoms with Crippen LogP contribution in [-0.2, 0) is 13.0 Å². The summed E-state index contributed by atoms with van der Waals surface area (Å²) in [7, 11) is 0. The molecule has 0 amide bonds. The molecule has 0 bridgehead atoms. The molecule has 1 saturated heterocycles. The molecular formula is C28H33N3O2. The van der Waals surface area contributed by atoms with Gasteiger partial charge in [-0.15, -0.1) is 0 Å². The summed E-state index contributed by atoms with van der Waals surface area (Å²) in [4.78, 5) is 29.8. The summed E-state index contributed by atoms with van der Waals surface area (Å²) in [6, 6.07) is 16.6. The van der Waals surface area contributed by atoms with Crippen LogP contribution in [0.15, 0.2) is 48.5 Å². The zero-order valence-electron chi connectivity index (χ0n) is 19.7. The van der Waals surface area contributed by atoms with Gasteiger partial charge in [0.1, 0.15) is 6.29 Å². The SMILES string of the molecule is CC(C)N1CCN(CC2CCc3c(c4ccccc4n3Cc3ccc(C=O)cc3)C2=O)CC1. The first-order valence-electron chi connectivity index (χ1n) is 12.2. The van der Waals surface area contributed by atoms with E-state index in [2.05, 4.69) is 46.4 Å². The number of fused-ring (bicyclic) bond motifs is 3. The lowest BCUT2D eigenvalue weighted by atomic mass is 9.84. The summed E-state index contributed by atoms with van der Waals surface area (Å²) in [6.45, 7) is 10.4. The fraction of sp³-hybridized carbons (Fsp3) is 0.429. The van der Waals surface area contributed by atoms with E-state index >= 15 is 0 Å². The fourth-order valence-electron chi connectivity index (χ4n) is 5.55. The molecule has 0 N–H and O–H groups in total. The van der Waals surface area contributed by atoms with Crippen molar-refractivity contribution < 1.29 is 9.59 Å². The molecule has 0 saturated carbocycles. The van der Waals surface area contributed by atoms with Crippen molar-refractivity contribution in [2.24, 2.45) is 5.92 Å². The predicted molar refractivity (Wildman–Crippen MR) is 132 cm³/mol. The first-order valence-corrected chi connectivity index (χ1v) is 12.2. The molecule has 33 heavy (non-hydrogen) atoms. The van der Waals surface area contributed by atoms with Gasteiger partial charge in [-0.1, -0.05) is 42.5 Å². The van der Waals surface area contributed by atoms with Gasteiger partial charge in [0.25, 0.3) is 0 Å². The van der Waals surface area contributed by atoms with Crippen molar-refractivity contribution in [1.82, 2.24) is 14.4 Å². The number of hydrogen-bond acceptors (Lipinski definition) is 4. The molecule has 1 fully saturated rings. The second-order valence-electron chi connectivity index (χ2n) is 9.81. The third kappa shape index (κ3) is 4.28. The number of nitrogens with zero attached hydrogens (tertiary/aromatic N) is 3. The van der Waals surface area contributed by atoms with E-state index in [-0.39, 0.29) is 5.92 Å². The Morgan fingerprint density at radius 3 is 2.42 bits per heavy atom. The molecule has 2 heterocycles. The van der Waals surface area contributed by atoms with E-state index in [1.807, 2.05) is 30.3 Å². The highest BCUT2D eigenvalue weighted by Crippen LogP contribution is 2.35. The zero-order chi connectivity index (χ0) is 22.9. The second kappa shape index (κ2) is 9.24. The van der Waals surface area contributed by atoms with Gasteiger partial charge in [0.2, 0.25) is 0 Å². The van der Waals surface area contributed by atoms with E-state index < -0.39 is 0 Å². The first kappa shape index (κ1) is 22.1. The van der Waals surface area contributed by atoms with Crippen LogP contribution >= 0.6 is 0 Å². The molecule has 0 spiro atoms. The molecule has 5 heteroatoms. The van der Waals surface area contributed by atoms with Gasteiger partial charge in [0, 0.05) is 79.0 Å². The number of carbonyl (C=O) groups excluding carboxylic acids is 2. The van der Waals surface area contributed by atoms with Crippen LogP contribution in [0.4, 0.5) is 0 Å². The maximum absolute atomic E-state index is 13.7. The average molecular weight is 444 g/mol. The van der Waals surface area contributed by atoms with Crippen LogP contribution in [0.1, 0.15) is 52.2 Å². The quantitative estimate of drug-likeness (QED) is 0.534. The van der Waals surface area contributed by atoms with Crippen molar-refractivity contribution in [2.45, 2.75) is 39.3 Å². The molecular weight excluding hydrogens is 410 g/mol. The largest absolute Gasteiger partial charge is 0.339 e. The van der Waals surface area contributed by atoms with Gasteiger partial charge in [-0.25, -0.2) is 0 Å². The number of carbonyl (C=O) groups is 2. The van der Waals surface area contributed by atoms with Gasteiger partial charge in [0.15, 0.2) is 5.78 Å². The van der Waals surface area contributed by atoms with Gasteiger partial charge < -0.3 is 9.47 Å². The van der Waals surface area contributed by atoms with E-state index in [4.69, 9.17) is 0 Å². The highest BCUT2D eigenvalue weighted by Gasteiger charge is 2.34. The van der Waals surface area contributed by atoms with Crippen LogP contribution in [0.5, 0.6) is 0 Å². The van der Waals surface area contributed by atoms with Crippen molar-refractivity contribution in [3.63, 3.8) is 0 Å². The summed E-state index contributed by atoms with van der Waals surface area (Å²) in [5.74, 6) is 0.392. The maximum Gasteiger partial charge on any atom is 0.169 e. The van der Waals surface area contributed by atoms with E-state index in [9.17, 15) is 9.59 Å². The molecule has 1 aliphatic carbocycles. The number of para-hydroxylation sites is 1. The van der Waals surface area contributed by atoms with Crippen LogP contribution in [-0.4, -0.2) is 65.2 Å². The van der Waals surface area contributed by atoms with Gasteiger partial charge in [0.05, 0.1) is 0 Å². The number of rotatable bonds is 6. The Balaban J connectivity index is 1.40. The molecule has 3 aromatic rings. The Labute approximate surface area is 196 Å². The topological polar surface area (TPSA) is 45.5 Å². The number of ketones is 1. The van der Waals surface area contributed by atoms with Gasteiger partial charge in [-0.05, 0) is 38.3 Å². The molecule has 1 atom stereocenters. The van der Waals surface area contributed by atoms with E-state index in [1.165, 1.54) is 5.69 Å². The summed E-state index contributed by atoms with van der Waals surface area (Å²) in [5.41, 5.74) is 5.06. The molecule has 5 rings (SSSR count). The number of aldehydes is 1. The molecule has 1 aromatic heterocycles. The Morgan fingerprint density at radius 1 is 1.00 bits per heavy atom. The first-order chi connectivity index (χ1) is 16.0. The highest BCUT2D eigenvalue weighted by atomic mass is 16.1. The lowest BCUT2D eigenvalue weighted by Crippen LogP contribution is -2.50.